The van der Waals surface area contributed by atoms with Gasteiger partial charge in [0, 0.05) is 6.42 Å². The lowest BCUT2D eigenvalue weighted by Crippen LogP contribution is -2.10. The molecule has 1 aromatic rings. The van der Waals surface area contributed by atoms with Gasteiger partial charge in [0.1, 0.15) is 0 Å². The van der Waals surface area contributed by atoms with E-state index >= 15 is 0 Å². The first-order chi connectivity index (χ1) is 7.97. The van der Waals surface area contributed by atoms with Crippen LogP contribution in [0.1, 0.15) is 51.2 Å². The van der Waals surface area contributed by atoms with E-state index in [1.54, 1.807) is 0 Å². The summed E-state index contributed by atoms with van der Waals surface area (Å²) < 4.78 is 0. The topological polar surface area (TPSA) is 17.1 Å². The van der Waals surface area contributed by atoms with Gasteiger partial charge in [0.05, 0.1) is 0 Å². The fraction of sp³-hybridized carbons (Fsp3) is 0.438. The first kappa shape index (κ1) is 12.1. The van der Waals surface area contributed by atoms with E-state index in [4.69, 9.17) is 0 Å². The molecule has 0 unspecified atom stereocenters. The Morgan fingerprint density at radius 3 is 2.18 bits per heavy atom. The summed E-state index contributed by atoms with van der Waals surface area (Å²) >= 11 is 0. The number of rotatable bonds is 1. The van der Waals surface area contributed by atoms with E-state index in [-0.39, 0.29) is 5.41 Å². The Bertz CT molecular complexity index is 443. The molecular weight excluding hydrogens is 208 g/mol. The normalized spacial score (nSPS) is 19.0. The minimum absolute atomic E-state index is 0.189. The van der Waals surface area contributed by atoms with Gasteiger partial charge in [-0.3, -0.25) is 4.79 Å². The van der Waals surface area contributed by atoms with Gasteiger partial charge in [-0.25, -0.2) is 0 Å². The molecule has 1 saturated carbocycles. The fourth-order valence-electron chi connectivity index (χ4n) is 2.17. The van der Waals surface area contributed by atoms with E-state index in [0.29, 0.717) is 5.78 Å². The van der Waals surface area contributed by atoms with Crippen LogP contribution in [0.5, 0.6) is 0 Å². The summed E-state index contributed by atoms with van der Waals surface area (Å²) in [5, 5.41) is 0. The molecule has 0 N–H and O–H groups in total. The van der Waals surface area contributed by atoms with E-state index in [9.17, 15) is 4.79 Å². The van der Waals surface area contributed by atoms with Crippen LogP contribution in [0.4, 0.5) is 0 Å². The van der Waals surface area contributed by atoms with E-state index in [0.717, 1.165) is 30.4 Å². The second kappa shape index (κ2) is 4.48. The Balaban J connectivity index is 2.22. The SMILES string of the molecule is CC(C)(C)c1ccc(/C=C2\CCCC2=O)cc1. The molecule has 2 rings (SSSR count). The molecule has 0 amide bonds. The maximum absolute atomic E-state index is 11.5. The fourth-order valence-corrected chi connectivity index (χ4v) is 2.17. The summed E-state index contributed by atoms with van der Waals surface area (Å²) in [5.41, 5.74) is 3.66. The Kier molecular flexibility index (Phi) is 3.19. The summed E-state index contributed by atoms with van der Waals surface area (Å²) in [5.74, 6) is 0.324. The van der Waals surface area contributed by atoms with Crippen molar-refractivity contribution in [3.05, 3.63) is 41.0 Å². The molecule has 1 fully saturated rings. The van der Waals surface area contributed by atoms with Crippen LogP contribution in [0.25, 0.3) is 6.08 Å². The smallest absolute Gasteiger partial charge is 0.158 e. The quantitative estimate of drug-likeness (QED) is 0.661. The van der Waals surface area contributed by atoms with Crippen LogP contribution >= 0.6 is 0 Å². The molecule has 0 heterocycles. The Hall–Kier alpha value is -1.37. The number of Topliss-reactive ketones (excluding diaryl/α,β-unsaturated/α-hetero) is 1. The van der Waals surface area contributed by atoms with Crippen molar-refractivity contribution in [2.45, 2.75) is 45.4 Å². The molecule has 90 valence electrons. The van der Waals surface area contributed by atoms with Crippen molar-refractivity contribution in [1.29, 1.82) is 0 Å². The Morgan fingerprint density at radius 2 is 1.71 bits per heavy atom. The van der Waals surface area contributed by atoms with Gasteiger partial charge in [-0.1, -0.05) is 45.0 Å². The number of benzene rings is 1. The van der Waals surface area contributed by atoms with Crippen molar-refractivity contribution in [3.8, 4) is 0 Å². The second-order valence-corrected chi connectivity index (χ2v) is 5.82. The van der Waals surface area contributed by atoms with Gasteiger partial charge < -0.3 is 0 Å². The van der Waals surface area contributed by atoms with Crippen LogP contribution in [0.3, 0.4) is 0 Å². The molecule has 1 aliphatic rings. The van der Waals surface area contributed by atoms with Crippen LogP contribution in [0.2, 0.25) is 0 Å². The minimum atomic E-state index is 0.189. The van der Waals surface area contributed by atoms with Gasteiger partial charge in [0.15, 0.2) is 5.78 Å². The number of hydrogen-bond donors (Lipinski definition) is 0. The number of hydrogen-bond acceptors (Lipinski definition) is 1. The van der Waals surface area contributed by atoms with Gasteiger partial charge in [-0.05, 0) is 41.0 Å². The van der Waals surface area contributed by atoms with Crippen LogP contribution in [-0.4, -0.2) is 5.78 Å². The van der Waals surface area contributed by atoms with Crippen molar-refractivity contribution >= 4 is 11.9 Å². The van der Waals surface area contributed by atoms with Crippen LogP contribution in [0.15, 0.2) is 29.8 Å². The highest BCUT2D eigenvalue weighted by Gasteiger charge is 2.17. The van der Waals surface area contributed by atoms with Crippen LogP contribution in [-0.2, 0) is 10.2 Å². The zero-order valence-corrected chi connectivity index (χ0v) is 10.9. The third-order valence-corrected chi connectivity index (χ3v) is 3.33. The lowest BCUT2D eigenvalue weighted by Gasteiger charge is -2.18. The minimum Gasteiger partial charge on any atom is -0.295 e. The van der Waals surface area contributed by atoms with Crippen LogP contribution < -0.4 is 0 Å². The lowest BCUT2D eigenvalue weighted by molar-refractivity contribution is -0.114. The second-order valence-electron chi connectivity index (χ2n) is 5.82. The number of carbonyl (C=O) groups is 1. The Labute approximate surface area is 104 Å². The summed E-state index contributed by atoms with van der Waals surface area (Å²) in [4.78, 5) is 11.5. The highest BCUT2D eigenvalue weighted by molar-refractivity contribution is 6.01. The first-order valence-corrected chi connectivity index (χ1v) is 6.31. The average Bonchev–Trinajstić information content (AvgIpc) is 2.64. The molecule has 1 aromatic carbocycles. The molecule has 1 heteroatoms. The van der Waals surface area contributed by atoms with E-state index in [2.05, 4.69) is 45.0 Å². The van der Waals surface area contributed by atoms with Crippen molar-refractivity contribution < 1.29 is 4.79 Å². The molecule has 0 spiro atoms. The van der Waals surface area contributed by atoms with Gasteiger partial charge in [0.25, 0.3) is 0 Å². The van der Waals surface area contributed by atoms with Crippen molar-refractivity contribution in [3.63, 3.8) is 0 Å². The third-order valence-electron chi connectivity index (χ3n) is 3.33. The predicted octanol–water partition coefficient (Wildman–Crippen LogP) is 4.12. The maximum Gasteiger partial charge on any atom is 0.158 e. The molecule has 0 bridgehead atoms. The summed E-state index contributed by atoms with van der Waals surface area (Å²) in [6, 6.07) is 8.54. The standard InChI is InChI=1S/C16H20O/c1-16(2,3)14-9-7-12(8-10-14)11-13-5-4-6-15(13)17/h7-11H,4-6H2,1-3H3/b13-11+. The molecule has 0 radical (unpaired) electrons. The molecule has 1 nitrogen and oxygen atoms in total. The maximum atomic E-state index is 11.5. The molecular formula is C16H20O. The largest absolute Gasteiger partial charge is 0.295 e. The summed E-state index contributed by atoms with van der Waals surface area (Å²) in [7, 11) is 0. The Morgan fingerprint density at radius 1 is 1.06 bits per heavy atom. The molecule has 0 saturated heterocycles. The lowest BCUT2D eigenvalue weighted by atomic mass is 9.86. The van der Waals surface area contributed by atoms with E-state index in [1.807, 2.05) is 6.08 Å². The molecule has 1 aliphatic carbocycles. The summed E-state index contributed by atoms with van der Waals surface area (Å²) in [6.07, 6.45) is 4.73. The van der Waals surface area contributed by atoms with Gasteiger partial charge >= 0.3 is 0 Å². The third kappa shape index (κ3) is 2.85. The van der Waals surface area contributed by atoms with E-state index < -0.39 is 0 Å². The molecule has 0 aliphatic heterocycles. The highest BCUT2D eigenvalue weighted by atomic mass is 16.1. The zero-order valence-electron chi connectivity index (χ0n) is 10.9. The monoisotopic (exact) mass is 228 g/mol. The van der Waals surface area contributed by atoms with Crippen molar-refractivity contribution in [2.75, 3.05) is 0 Å². The van der Waals surface area contributed by atoms with Gasteiger partial charge in [-0.15, -0.1) is 0 Å². The average molecular weight is 228 g/mol. The molecule has 17 heavy (non-hydrogen) atoms. The number of allylic oxidation sites excluding steroid dienone is 1. The van der Waals surface area contributed by atoms with Crippen molar-refractivity contribution in [2.24, 2.45) is 0 Å². The summed E-state index contributed by atoms with van der Waals surface area (Å²) in [6.45, 7) is 6.63. The first-order valence-electron chi connectivity index (χ1n) is 6.31. The highest BCUT2D eigenvalue weighted by Crippen LogP contribution is 2.25. The van der Waals surface area contributed by atoms with Crippen molar-refractivity contribution in [1.82, 2.24) is 0 Å². The van der Waals surface area contributed by atoms with Crippen LogP contribution in [0, 0.1) is 0 Å². The predicted molar refractivity (Wildman–Crippen MR) is 72.0 cm³/mol. The number of ketones is 1. The van der Waals surface area contributed by atoms with Gasteiger partial charge in [-0.2, -0.15) is 0 Å². The zero-order chi connectivity index (χ0) is 12.5. The number of carbonyl (C=O) groups excluding carboxylic acids is 1. The molecule has 0 atom stereocenters. The van der Waals surface area contributed by atoms with E-state index in [1.165, 1.54) is 5.56 Å². The van der Waals surface area contributed by atoms with Gasteiger partial charge in [0.2, 0.25) is 0 Å². The molecule has 0 aromatic heterocycles.